The Labute approximate surface area is 181 Å². The largest absolute Gasteiger partial charge is 0.481 e. The smallest absolute Gasteiger partial charge is 0.313 e. The lowest BCUT2D eigenvalue weighted by Gasteiger charge is -2.17. The Balaban J connectivity index is 1.53. The van der Waals surface area contributed by atoms with E-state index >= 15 is 0 Å². The molecule has 30 heavy (non-hydrogen) atoms. The topological polar surface area (TPSA) is 99.6 Å². The molecule has 0 spiro atoms. The third-order valence-electron chi connectivity index (χ3n) is 4.74. The first kappa shape index (κ1) is 20.4. The predicted molar refractivity (Wildman–Crippen MR) is 118 cm³/mol. The number of amides is 2. The number of hydrogen-bond acceptors (Lipinski definition) is 6. The molecule has 0 radical (unpaired) electrons. The monoisotopic (exact) mass is 441 g/mol. The molecule has 4 rings (SSSR count). The van der Waals surface area contributed by atoms with Gasteiger partial charge in [0.05, 0.1) is 27.1 Å². The second kappa shape index (κ2) is 8.85. The summed E-state index contributed by atoms with van der Waals surface area (Å²) >= 11 is 2.54. The van der Waals surface area contributed by atoms with Crippen molar-refractivity contribution in [1.82, 2.24) is 9.88 Å². The molecule has 7 nitrogen and oxygen atoms in total. The normalized spacial score (nSPS) is 13.5. The number of fused-ring (bicyclic) bond motifs is 1. The van der Waals surface area contributed by atoms with Crippen molar-refractivity contribution in [2.45, 2.75) is 17.2 Å². The second-order valence-corrected chi connectivity index (χ2v) is 9.10. The summed E-state index contributed by atoms with van der Waals surface area (Å²) < 4.78 is 1.51. The minimum absolute atomic E-state index is 0.0504. The quantitative estimate of drug-likeness (QED) is 0.562. The van der Waals surface area contributed by atoms with Crippen molar-refractivity contribution < 1.29 is 19.5 Å². The molecule has 2 amide bonds. The highest BCUT2D eigenvalue weighted by atomic mass is 32.2. The van der Waals surface area contributed by atoms with Gasteiger partial charge in [-0.3, -0.25) is 14.4 Å². The van der Waals surface area contributed by atoms with Crippen LogP contribution >= 0.6 is 23.1 Å². The number of carbonyl (C=O) groups excluding carboxylic acids is 2. The van der Waals surface area contributed by atoms with Crippen LogP contribution in [0.1, 0.15) is 33.6 Å². The van der Waals surface area contributed by atoms with E-state index in [0.717, 1.165) is 36.1 Å². The van der Waals surface area contributed by atoms with Gasteiger partial charge in [-0.15, -0.1) is 11.3 Å². The fourth-order valence-corrected chi connectivity index (χ4v) is 5.15. The summed E-state index contributed by atoms with van der Waals surface area (Å²) in [7, 11) is 0. The third-order valence-corrected chi connectivity index (χ3v) is 6.89. The van der Waals surface area contributed by atoms with E-state index in [4.69, 9.17) is 5.11 Å². The zero-order valence-electron chi connectivity index (χ0n) is 16.0. The van der Waals surface area contributed by atoms with Gasteiger partial charge in [0.2, 0.25) is 0 Å². The van der Waals surface area contributed by atoms with Gasteiger partial charge in [-0.1, -0.05) is 23.9 Å². The maximum Gasteiger partial charge on any atom is 0.313 e. The highest BCUT2D eigenvalue weighted by Gasteiger charge is 2.24. The summed E-state index contributed by atoms with van der Waals surface area (Å²) in [5.41, 5.74) is 2.09. The number of carboxylic acid groups (broad SMARTS) is 1. The van der Waals surface area contributed by atoms with Crippen molar-refractivity contribution in [3.63, 3.8) is 0 Å². The van der Waals surface area contributed by atoms with Gasteiger partial charge < -0.3 is 15.3 Å². The summed E-state index contributed by atoms with van der Waals surface area (Å²) in [4.78, 5) is 42.6. The Kier molecular flexibility index (Phi) is 6.01. The van der Waals surface area contributed by atoms with E-state index in [0.29, 0.717) is 21.2 Å². The van der Waals surface area contributed by atoms with Crippen molar-refractivity contribution in [1.29, 1.82) is 0 Å². The van der Waals surface area contributed by atoms with Crippen LogP contribution in [0, 0.1) is 0 Å². The maximum atomic E-state index is 12.9. The van der Waals surface area contributed by atoms with Crippen molar-refractivity contribution in [3.05, 3.63) is 53.6 Å². The van der Waals surface area contributed by atoms with E-state index in [2.05, 4.69) is 10.3 Å². The molecular weight excluding hydrogens is 422 g/mol. The summed E-state index contributed by atoms with van der Waals surface area (Å²) in [6, 6.07) is 12.2. The molecule has 154 valence electrons. The summed E-state index contributed by atoms with van der Waals surface area (Å²) in [6.45, 7) is 1.44. The first-order chi connectivity index (χ1) is 14.5. The Morgan fingerprint density at radius 2 is 1.83 bits per heavy atom. The highest BCUT2D eigenvalue weighted by molar-refractivity contribution is 8.01. The van der Waals surface area contributed by atoms with Crippen LogP contribution < -0.4 is 5.32 Å². The number of carboxylic acids is 1. The molecule has 0 unspecified atom stereocenters. The Bertz CT molecular complexity index is 1120. The third kappa shape index (κ3) is 4.47. The fourth-order valence-electron chi connectivity index (χ4n) is 3.32. The minimum Gasteiger partial charge on any atom is -0.481 e. The average molecular weight is 442 g/mol. The van der Waals surface area contributed by atoms with Crippen molar-refractivity contribution in [3.8, 4) is 0 Å². The van der Waals surface area contributed by atoms with Crippen LogP contribution in [0.15, 0.2) is 46.8 Å². The maximum absolute atomic E-state index is 12.9. The molecule has 1 aliphatic heterocycles. The lowest BCUT2D eigenvalue weighted by Crippen LogP contribution is -2.29. The van der Waals surface area contributed by atoms with E-state index in [1.807, 2.05) is 0 Å². The molecule has 2 N–H and O–H groups in total. The molecule has 0 aliphatic carbocycles. The number of rotatable bonds is 6. The molecule has 9 heteroatoms. The van der Waals surface area contributed by atoms with Gasteiger partial charge in [0.15, 0.2) is 4.34 Å². The predicted octanol–water partition coefficient (Wildman–Crippen LogP) is 3.96. The molecular formula is C21H19N3O4S2. The number of aromatic nitrogens is 1. The molecule has 1 fully saturated rings. The van der Waals surface area contributed by atoms with Crippen LogP contribution in [0.2, 0.25) is 0 Å². The number of thioether (sulfide) groups is 1. The summed E-state index contributed by atoms with van der Waals surface area (Å²) in [5, 5.41) is 11.7. The van der Waals surface area contributed by atoms with Crippen LogP contribution in [-0.4, -0.2) is 51.6 Å². The van der Waals surface area contributed by atoms with E-state index in [9.17, 15) is 14.4 Å². The number of hydrogen-bond donors (Lipinski definition) is 2. The molecule has 2 heterocycles. The van der Waals surface area contributed by atoms with Crippen LogP contribution in [0.4, 0.5) is 5.69 Å². The minimum atomic E-state index is -0.894. The molecule has 2 aromatic carbocycles. The van der Waals surface area contributed by atoms with E-state index in [1.165, 1.54) is 23.1 Å². The van der Waals surface area contributed by atoms with Gasteiger partial charge in [-0.25, -0.2) is 4.98 Å². The second-order valence-electron chi connectivity index (χ2n) is 6.84. The molecule has 0 atom stereocenters. The zero-order chi connectivity index (χ0) is 21.1. The fraction of sp³-hybridized carbons (Fsp3) is 0.238. The van der Waals surface area contributed by atoms with Gasteiger partial charge in [0.25, 0.3) is 11.8 Å². The van der Waals surface area contributed by atoms with Gasteiger partial charge in [-0.2, -0.15) is 0 Å². The van der Waals surface area contributed by atoms with Crippen molar-refractivity contribution >= 4 is 56.8 Å². The Morgan fingerprint density at radius 3 is 2.57 bits per heavy atom. The molecule has 0 saturated carbocycles. The van der Waals surface area contributed by atoms with E-state index in [1.54, 1.807) is 47.4 Å². The number of nitrogens with zero attached hydrogens (tertiary/aromatic N) is 2. The number of thiazole rings is 1. The first-order valence-corrected chi connectivity index (χ1v) is 11.3. The number of nitrogens with one attached hydrogen (secondary N) is 1. The Hall–Kier alpha value is -2.91. The van der Waals surface area contributed by atoms with Crippen LogP contribution in [0.3, 0.4) is 0 Å². The van der Waals surface area contributed by atoms with Crippen molar-refractivity contribution in [2.75, 3.05) is 24.2 Å². The standard InChI is InChI=1S/C21H19N3O4S2/c25-18(26)12-29-21-23-16-8-7-13(11-17(16)30-21)22-19(27)14-5-1-2-6-15(14)20(28)24-9-3-4-10-24/h1-2,5-8,11H,3-4,9-10,12H2,(H,22,27)(H,25,26). The van der Waals surface area contributed by atoms with Crippen LogP contribution in [0.5, 0.6) is 0 Å². The van der Waals surface area contributed by atoms with Gasteiger partial charge in [0, 0.05) is 18.8 Å². The van der Waals surface area contributed by atoms with Crippen LogP contribution in [0.25, 0.3) is 10.2 Å². The molecule has 1 saturated heterocycles. The number of benzene rings is 2. The van der Waals surface area contributed by atoms with Crippen molar-refractivity contribution in [2.24, 2.45) is 0 Å². The lowest BCUT2D eigenvalue weighted by molar-refractivity contribution is -0.133. The number of carbonyl (C=O) groups is 3. The lowest BCUT2D eigenvalue weighted by atomic mass is 10.1. The summed E-state index contributed by atoms with van der Waals surface area (Å²) in [5.74, 6) is -1.40. The number of anilines is 1. The van der Waals surface area contributed by atoms with Gasteiger partial charge in [-0.05, 0) is 43.2 Å². The molecule has 1 aliphatic rings. The number of likely N-dealkylation sites (tertiary alicyclic amines) is 1. The van der Waals surface area contributed by atoms with Crippen LogP contribution in [-0.2, 0) is 4.79 Å². The molecule has 0 bridgehead atoms. The van der Waals surface area contributed by atoms with E-state index in [-0.39, 0.29) is 17.6 Å². The molecule has 3 aromatic rings. The average Bonchev–Trinajstić information content (AvgIpc) is 3.41. The summed E-state index contributed by atoms with van der Waals surface area (Å²) in [6.07, 6.45) is 1.98. The van der Waals surface area contributed by atoms with Gasteiger partial charge in [0.1, 0.15) is 0 Å². The first-order valence-electron chi connectivity index (χ1n) is 9.46. The SMILES string of the molecule is O=C(O)CSc1nc2ccc(NC(=O)c3ccccc3C(=O)N3CCCC3)cc2s1. The number of aliphatic carboxylic acids is 1. The zero-order valence-corrected chi connectivity index (χ0v) is 17.6. The Morgan fingerprint density at radius 1 is 1.10 bits per heavy atom. The van der Waals surface area contributed by atoms with E-state index < -0.39 is 5.97 Å². The van der Waals surface area contributed by atoms with Gasteiger partial charge >= 0.3 is 5.97 Å². The highest BCUT2D eigenvalue weighted by Crippen LogP contribution is 2.31. The molecule has 1 aromatic heterocycles.